The summed E-state index contributed by atoms with van der Waals surface area (Å²) in [5.74, 6) is 0.260. The van der Waals surface area contributed by atoms with Crippen LogP contribution in [0.2, 0.25) is 0 Å². The Morgan fingerprint density at radius 3 is 2.54 bits per heavy atom. The highest BCUT2D eigenvalue weighted by molar-refractivity contribution is 5.97. The van der Waals surface area contributed by atoms with Gasteiger partial charge in [-0.05, 0) is 35.4 Å². The van der Waals surface area contributed by atoms with E-state index in [2.05, 4.69) is 15.3 Å². The minimum absolute atomic E-state index is 0.258. The van der Waals surface area contributed by atoms with Gasteiger partial charge in [0.25, 0.3) is 5.91 Å². The summed E-state index contributed by atoms with van der Waals surface area (Å²) < 4.78 is 0. The number of carbonyl (C=O) groups excluding carboxylic acids is 1. The minimum Gasteiger partial charge on any atom is -0.365 e. The number of nitrogens with zero attached hydrogens (tertiary/aromatic N) is 3. The van der Waals surface area contributed by atoms with Crippen LogP contribution in [0, 0.1) is 0 Å². The van der Waals surface area contributed by atoms with Crippen LogP contribution in [0.15, 0.2) is 73.2 Å². The Labute approximate surface area is 152 Å². The van der Waals surface area contributed by atoms with E-state index in [1.54, 1.807) is 37.8 Å². The Balaban J connectivity index is 1.65. The fraction of sp³-hybridized carbons (Fsp3) is 0.150. The molecule has 1 amide bonds. The average Bonchev–Trinajstić information content (AvgIpc) is 2.71. The highest BCUT2D eigenvalue weighted by atomic mass is 16.7. The van der Waals surface area contributed by atoms with Crippen LogP contribution in [0.5, 0.6) is 0 Å². The van der Waals surface area contributed by atoms with Gasteiger partial charge in [-0.15, -0.1) is 0 Å². The molecule has 0 bridgehead atoms. The molecule has 3 aromatic rings. The molecule has 0 saturated heterocycles. The fourth-order valence-electron chi connectivity index (χ4n) is 2.38. The summed E-state index contributed by atoms with van der Waals surface area (Å²) in [5, 5.41) is 4.43. The topological polar surface area (TPSA) is 67.3 Å². The van der Waals surface area contributed by atoms with Crippen LogP contribution in [0.3, 0.4) is 0 Å². The number of hydrogen-bond donors (Lipinski definition) is 1. The Hall–Kier alpha value is -3.25. The molecule has 0 aliphatic heterocycles. The number of benzene rings is 1. The Bertz CT molecular complexity index is 841. The van der Waals surface area contributed by atoms with Gasteiger partial charge in [-0.1, -0.05) is 30.3 Å². The molecule has 6 nitrogen and oxygen atoms in total. The van der Waals surface area contributed by atoms with Crippen LogP contribution in [0.4, 0.5) is 5.82 Å². The summed E-state index contributed by atoms with van der Waals surface area (Å²) in [5.41, 5.74) is 2.50. The van der Waals surface area contributed by atoms with E-state index in [0.29, 0.717) is 24.5 Å². The number of rotatable bonds is 7. The zero-order valence-corrected chi connectivity index (χ0v) is 14.5. The van der Waals surface area contributed by atoms with Gasteiger partial charge < -0.3 is 5.32 Å². The second-order valence-electron chi connectivity index (χ2n) is 5.67. The summed E-state index contributed by atoms with van der Waals surface area (Å²) in [6.07, 6.45) is 5.11. The summed E-state index contributed by atoms with van der Waals surface area (Å²) in [7, 11) is 1.60. The predicted molar refractivity (Wildman–Crippen MR) is 99.1 cm³/mol. The lowest BCUT2D eigenvalue weighted by atomic mass is 10.2. The molecule has 1 aromatic carbocycles. The van der Waals surface area contributed by atoms with Gasteiger partial charge in [0.2, 0.25) is 0 Å². The first kappa shape index (κ1) is 17.6. The molecule has 26 heavy (non-hydrogen) atoms. The van der Waals surface area contributed by atoms with Gasteiger partial charge in [-0.3, -0.25) is 14.6 Å². The monoisotopic (exact) mass is 348 g/mol. The normalized spacial score (nSPS) is 10.3. The third kappa shape index (κ3) is 4.64. The van der Waals surface area contributed by atoms with Crippen molar-refractivity contribution in [3.63, 3.8) is 0 Å². The van der Waals surface area contributed by atoms with Crippen molar-refractivity contribution in [2.75, 3.05) is 12.4 Å². The van der Waals surface area contributed by atoms with Gasteiger partial charge in [-0.25, -0.2) is 10.0 Å². The summed E-state index contributed by atoms with van der Waals surface area (Å²) in [6, 6.07) is 17.0. The summed E-state index contributed by atoms with van der Waals surface area (Å²) >= 11 is 0. The zero-order valence-electron chi connectivity index (χ0n) is 14.5. The van der Waals surface area contributed by atoms with Crippen LogP contribution < -0.4 is 5.32 Å². The molecule has 3 rings (SSSR count). The molecule has 0 atom stereocenters. The lowest BCUT2D eigenvalue weighted by Crippen LogP contribution is -2.28. The Morgan fingerprint density at radius 2 is 1.77 bits per heavy atom. The third-order valence-electron chi connectivity index (χ3n) is 3.80. The van der Waals surface area contributed by atoms with Crippen molar-refractivity contribution >= 4 is 11.7 Å². The number of aromatic nitrogens is 2. The summed E-state index contributed by atoms with van der Waals surface area (Å²) in [6.45, 7) is 0.873. The van der Waals surface area contributed by atoms with E-state index in [9.17, 15) is 4.79 Å². The van der Waals surface area contributed by atoms with Crippen LogP contribution in [-0.4, -0.2) is 28.0 Å². The van der Waals surface area contributed by atoms with Gasteiger partial charge >= 0.3 is 0 Å². The van der Waals surface area contributed by atoms with Crippen molar-refractivity contribution in [3.05, 3.63) is 89.9 Å². The van der Waals surface area contributed by atoms with Crippen molar-refractivity contribution in [3.8, 4) is 0 Å². The molecule has 0 unspecified atom stereocenters. The number of nitrogens with one attached hydrogen (secondary N) is 1. The van der Waals surface area contributed by atoms with Gasteiger partial charge in [0, 0.05) is 32.2 Å². The van der Waals surface area contributed by atoms with Crippen LogP contribution in [0.25, 0.3) is 0 Å². The number of anilines is 1. The Kier molecular flexibility index (Phi) is 5.90. The maximum Gasteiger partial charge on any atom is 0.280 e. The number of carbonyl (C=O) groups is 1. The lowest BCUT2D eigenvalue weighted by molar-refractivity contribution is -0.116. The second-order valence-corrected chi connectivity index (χ2v) is 5.67. The number of hydrogen-bond acceptors (Lipinski definition) is 5. The van der Waals surface area contributed by atoms with E-state index < -0.39 is 0 Å². The predicted octanol–water partition coefficient (Wildman–Crippen LogP) is 3.29. The molecule has 6 heteroatoms. The molecule has 0 aliphatic carbocycles. The number of pyridine rings is 2. The Morgan fingerprint density at radius 1 is 1.00 bits per heavy atom. The highest BCUT2D eigenvalue weighted by Crippen LogP contribution is 2.16. The molecule has 0 radical (unpaired) electrons. The largest absolute Gasteiger partial charge is 0.365 e. The number of hydroxylamine groups is 2. The van der Waals surface area contributed by atoms with E-state index in [1.807, 2.05) is 42.5 Å². The maximum atomic E-state index is 12.7. The molecular formula is C20H20N4O2. The van der Waals surface area contributed by atoms with Gasteiger partial charge in [0.05, 0.1) is 5.56 Å². The molecule has 2 heterocycles. The van der Waals surface area contributed by atoms with Gasteiger partial charge in [0.1, 0.15) is 12.4 Å². The van der Waals surface area contributed by atoms with E-state index in [4.69, 9.17) is 4.84 Å². The van der Waals surface area contributed by atoms with Crippen molar-refractivity contribution < 1.29 is 9.63 Å². The zero-order chi connectivity index (χ0) is 18.2. The minimum atomic E-state index is -0.258. The molecular weight excluding hydrogens is 328 g/mol. The fourth-order valence-corrected chi connectivity index (χ4v) is 2.38. The summed E-state index contributed by atoms with van der Waals surface area (Å²) in [4.78, 5) is 26.6. The first-order chi connectivity index (χ1) is 12.7. The lowest BCUT2D eigenvalue weighted by Gasteiger charge is -2.18. The first-order valence-electron chi connectivity index (χ1n) is 8.27. The molecule has 132 valence electrons. The van der Waals surface area contributed by atoms with E-state index in [0.717, 1.165) is 11.1 Å². The van der Waals surface area contributed by atoms with Crippen LogP contribution in [-0.2, 0) is 18.0 Å². The SMILES string of the molecule is CN(OCc1ccccc1)C(=O)c1cccnc1NCc1ccncc1. The van der Waals surface area contributed by atoms with Crippen molar-refractivity contribution in [2.24, 2.45) is 0 Å². The maximum absolute atomic E-state index is 12.7. The first-order valence-corrected chi connectivity index (χ1v) is 8.27. The quantitative estimate of drug-likeness (QED) is 0.664. The van der Waals surface area contributed by atoms with Crippen LogP contribution >= 0.6 is 0 Å². The molecule has 0 saturated carbocycles. The average molecular weight is 348 g/mol. The van der Waals surface area contributed by atoms with Crippen molar-refractivity contribution in [1.29, 1.82) is 0 Å². The van der Waals surface area contributed by atoms with Crippen molar-refractivity contribution in [1.82, 2.24) is 15.0 Å². The van der Waals surface area contributed by atoms with E-state index in [-0.39, 0.29) is 5.91 Å². The second kappa shape index (κ2) is 8.73. The van der Waals surface area contributed by atoms with Crippen LogP contribution in [0.1, 0.15) is 21.5 Å². The van der Waals surface area contributed by atoms with Gasteiger partial charge in [-0.2, -0.15) is 0 Å². The van der Waals surface area contributed by atoms with Crippen molar-refractivity contribution in [2.45, 2.75) is 13.2 Å². The van der Waals surface area contributed by atoms with E-state index >= 15 is 0 Å². The molecule has 2 aromatic heterocycles. The van der Waals surface area contributed by atoms with E-state index in [1.165, 1.54) is 5.06 Å². The molecule has 1 N–H and O–H groups in total. The highest BCUT2D eigenvalue weighted by Gasteiger charge is 2.17. The smallest absolute Gasteiger partial charge is 0.280 e. The molecule has 0 aliphatic rings. The van der Waals surface area contributed by atoms with Gasteiger partial charge in [0.15, 0.2) is 0 Å². The molecule has 0 fully saturated rings. The third-order valence-corrected chi connectivity index (χ3v) is 3.80. The standard InChI is InChI=1S/C20H20N4O2/c1-24(26-15-17-6-3-2-4-7-17)20(25)18-8-5-11-22-19(18)23-14-16-9-12-21-13-10-16/h2-13H,14-15H2,1H3,(H,22,23). The number of amides is 1. The molecule has 0 spiro atoms.